The number of hydrogen-bond acceptors (Lipinski definition) is 2. The molecule has 1 heterocycles. The molecule has 1 aromatic carbocycles. The Morgan fingerprint density at radius 2 is 2.16 bits per heavy atom. The Labute approximate surface area is 116 Å². The SMILES string of the molecule is Cn1nccc1CCC(C(=O)O)c1ccccc1Cl. The van der Waals surface area contributed by atoms with Crippen molar-refractivity contribution in [3.63, 3.8) is 0 Å². The summed E-state index contributed by atoms with van der Waals surface area (Å²) >= 11 is 6.07. The van der Waals surface area contributed by atoms with Crippen molar-refractivity contribution in [3.8, 4) is 0 Å². The number of aromatic nitrogens is 2. The number of nitrogens with zero attached hydrogens (tertiary/aromatic N) is 2. The van der Waals surface area contributed by atoms with Gasteiger partial charge in [0.15, 0.2) is 0 Å². The molecule has 0 saturated heterocycles. The molecule has 0 aliphatic rings. The summed E-state index contributed by atoms with van der Waals surface area (Å²) in [5.74, 6) is -1.45. The zero-order valence-electron chi connectivity index (χ0n) is 10.6. The largest absolute Gasteiger partial charge is 0.481 e. The van der Waals surface area contributed by atoms with Crippen LogP contribution in [0.3, 0.4) is 0 Å². The Hall–Kier alpha value is -1.81. The lowest BCUT2D eigenvalue weighted by Crippen LogP contribution is -2.14. The van der Waals surface area contributed by atoms with Crippen LogP contribution in [0.15, 0.2) is 36.5 Å². The van der Waals surface area contributed by atoms with Crippen molar-refractivity contribution in [2.24, 2.45) is 7.05 Å². The zero-order valence-corrected chi connectivity index (χ0v) is 11.3. The van der Waals surface area contributed by atoms with Crippen molar-refractivity contribution in [3.05, 3.63) is 52.8 Å². The maximum atomic E-state index is 11.4. The normalized spacial score (nSPS) is 12.3. The second-order valence-corrected chi connectivity index (χ2v) is 4.80. The Bertz CT molecular complexity index is 580. The summed E-state index contributed by atoms with van der Waals surface area (Å²) in [5, 5.41) is 13.9. The Morgan fingerprint density at radius 1 is 1.42 bits per heavy atom. The Kier molecular flexibility index (Phi) is 4.22. The van der Waals surface area contributed by atoms with Crippen molar-refractivity contribution >= 4 is 17.6 Å². The third-order valence-corrected chi connectivity index (χ3v) is 3.53. The van der Waals surface area contributed by atoms with Gasteiger partial charge in [-0.05, 0) is 30.5 Å². The van der Waals surface area contributed by atoms with Crippen molar-refractivity contribution in [2.45, 2.75) is 18.8 Å². The fraction of sp³-hybridized carbons (Fsp3) is 0.286. The van der Waals surface area contributed by atoms with Crippen LogP contribution in [0, 0.1) is 0 Å². The third-order valence-electron chi connectivity index (χ3n) is 3.19. The summed E-state index contributed by atoms with van der Waals surface area (Å²) in [6.45, 7) is 0. The van der Waals surface area contributed by atoms with Gasteiger partial charge in [0.05, 0.1) is 5.92 Å². The number of carboxylic acid groups (broad SMARTS) is 1. The van der Waals surface area contributed by atoms with Crippen LogP contribution in [-0.4, -0.2) is 20.9 Å². The molecule has 0 saturated carbocycles. The van der Waals surface area contributed by atoms with Gasteiger partial charge in [0.1, 0.15) is 0 Å². The van der Waals surface area contributed by atoms with Gasteiger partial charge >= 0.3 is 5.97 Å². The van der Waals surface area contributed by atoms with Gasteiger partial charge in [-0.2, -0.15) is 5.10 Å². The lowest BCUT2D eigenvalue weighted by atomic mass is 9.93. The van der Waals surface area contributed by atoms with E-state index >= 15 is 0 Å². The molecule has 0 fully saturated rings. The molecule has 1 N–H and O–H groups in total. The fourth-order valence-electron chi connectivity index (χ4n) is 2.11. The maximum absolute atomic E-state index is 11.4. The summed E-state index contributed by atoms with van der Waals surface area (Å²) < 4.78 is 1.76. The summed E-state index contributed by atoms with van der Waals surface area (Å²) in [4.78, 5) is 11.4. The van der Waals surface area contributed by atoms with Gasteiger partial charge in [-0.3, -0.25) is 9.48 Å². The van der Waals surface area contributed by atoms with E-state index < -0.39 is 11.9 Å². The van der Waals surface area contributed by atoms with Gasteiger partial charge in [0.2, 0.25) is 0 Å². The number of carbonyl (C=O) groups is 1. The second-order valence-electron chi connectivity index (χ2n) is 4.40. The highest BCUT2D eigenvalue weighted by atomic mass is 35.5. The van der Waals surface area contributed by atoms with E-state index in [1.54, 1.807) is 35.1 Å². The molecule has 1 aromatic heterocycles. The Morgan fingerprint density at radius 3 is 2.74 bits per heavy atom. The molecular formula is C14H15ClN2O2. The molecule has 19 heavy (non-hydrogen) atoms. The molecule has 4 nitrogen and oxygen atoms in total. The number of aryl methyl sites for hydroxylation is 2. The van der Waals surface area contributed by atoms with Crippen LogP contribution in [0.25, 0.3) is 0 Å². The van der Waals surface area contributed by atoms with E-state index in [-0.39, 0.29) is 0 Å². The molecule has 0 radical (unpaired) electrons. The van der Waals surface area contributed by atoms with Gasteiger partial charge in [-0.15, -0.1) is 0 Å². The number of hydrogen-bond donors (Lipinski definition) is 1. The first-order chi connectivity index (χ1) is 9.09. The maximum Gasteiger partial charge on any atom is 0.311 e. The van der Waals surface area contributed by atoms with Gasteiger partial charge in [-0.25, -0.2) is 0 Å². The highest BCUT2D eigenvalue weighted by molar-refractivity contribution is 6.31. The molecular weight excluding hydrogens is 264 g/mol. The molecule has 2 aromatic rings. The van der Waals surface area contributed by atoms with Crippen molar-refractivity contribution in [2.75, 3.05) is 0 Å². The molecule has 0 bridgehead atoms. The first-order valence-electron chi connectivity index (χ1n) is 6.03. The first kappa shape index (κ1) is 13.6. The smallest absolute Gasteiger partial charge is 0.311 e. The van der Waals surface area contributed by atoms with Crippen LogP contribution in [-0.2, 0) is 18.3 Å². The molecule has 0 spiro atoms. The van der Waals surface area contributed by atoms with E-state index in [4.69, 9.17) is 11.6 Å². The van der Waals surface area contributed by atoms with E-state index in [1.165, 1.54) is 0 Å². The number of benzene rings is 1. The molecule has 0 aliphatic carbocycles. The molecule has 1 atom stereocenters. The van der Waals surface area contributed by atoms with Crippen LogP contribution in [0.2, 0.25) is 5.02 Å². The molecule has 0 aliphatic heterocycles. The quantitative estimate of drug-likeness (QED) is 0.915. The average Bonchev–Trinajstić information content (AvgIpc) is 2.77. The summed E-state index contributed by atoms with van der Waals surface area (Å²) in [7, 11) is 1.85. The predicted octanol–water partition coefficient (Wildman–Crippen LogP) is 2.87. The fourth-order valence-corrected chi connectivity index (χ4v) is 2.38. The monoisotopic (exact) mass is 278 g/mol. The lowest BCUT2D eigenvalue weighted by molar-refractivity contribution is -0.138. The van der Waals surface area contributed by atoms with Crippen LogP contribution in [0.4, 0.5) is 0 Å². The topological polar surface area (TPSA) is 55.1 Å². The van der Waals surface area contributed by atoms with Gasteiger partial charge in [0.25, 0.3) is 0 Å². The summed E-state index contributed by atoms with van der Waals surface area (Å²) in [5.41, 5.74) is 1.68. The van der Waals surface area contributed by atoms with Crippen LogP contribution in [0.1, 0.15) is 23.6 Å². The highest BCUT2D eigenvalue weighted by Gasteiger charge is 2.22. The summed E-state index contributed by atoms with van der Waals surface area (Å²) in [6.07, 6.45) is 2.86. The van der Waals surface area contributed by atoms with Crippen molar-refractivity contribution < 1.29 is 9.90 Å². The molecule has 0 amide bonds. The minimum Gasteiger partial charge on any atom is -0.481 e. The van der Waals surface area contributed by atoms with E-state index in [0.717, 1.165) is 5.69 Å². The Balaban J connectivity index is 2.16. The van der Waals surface area contributed by atoms with Gasteiger partial charge in [0, 0.05) is 24.0 Å². The highest BCUT2D eigenvalue weighted by Crippen LogP contribution is 2.28. The van der Waals surface area contributed by atoms with E-state index in [1.807, 2.05) is 13.1 Å². The minimum atomic E-state index is -0.852. The zero-order chi connectivity index (χ0) is 13.8. The molecule has 2 rings (SSSR count). The molecule has 100 valence electrons. The predicted molar refractivity (Wildman–Crippen MR) is 73.4 cm³/mol. The summed E-state index contributed by atoms with van der Waals surface area (Å²) in [6, 6.07) is 8.99. The third kappa shape index (κ3) is 3.15. The minimum absolute atomic E-state index is 0.499. The lowest BCUT2D eigenvalue weighted by Gasteiger charge is -2.14. The van der Waals surface area contributed by atoms with E-state index in [2.05, 4.69) is 5.10 Å². The van der Waals surface area contributed by atoms with Crippen molar-refractivity contribution in [1.82, 2.24) is 9.78 Å². The van der Waals surface area contributed by atoms with Gasteiger partial charge in [-0.1, -0.05) is 29.8 Å². The van der Waals surface area contributed by atoms with Crippen LogP contribution < -0.4 is 0 Å². The van der Waals surface area contributed by atoms with Gasteiger partial charge < -0.3 is 5.11 Å². The number of halogens is 1. The van der Waals surface area contributed by atoms with Crippen LogP contribution >= 0.6 is 11.6 Å². The molecule has 1 unspecified atom stereocenters. The number of aliphatic carboxylic acids is 1. The first-order valence-corrected chi connectivity index (χ1v) is 6.41. The average molecular weight is 279 g/mol. The van der Waals surface area contributed by atoms with Crippen LogP contribution in [0.5, 0.6) is 0 Å². The second kappa shape index (κ2) is 5.89. The number of carboxylic acids is 1. The number of rotatable bonds is 5. The van der Waals surface area contributed by atoms with E-state index in [9.17, 15) is 9.90 Å². The molecule has 5 heteroatoms. The standard InChI is InChI=1S/C14H15ClN2O2/c1-17-10(8-9-16-17)6-7-12(14(18)19)11-4-2-3-5-13(11)15/h2-5,8-9,12H,6-7H2,1H3,(H,18,19). The van der Waals surface area contributed by atoms with E-state index in [0.29, 0.717) is 23.4 Å². The van der Waals surface area contributed by atoms with Crippen molar-refractivity contribution in [1.29, 1.82) is 0 Å².